The molecule has 0 saturated carbocycles. The van der Waals surface area contributed by atoms with Gasteiger partial charge in [0.2, 0.25) is 0 Å². The lowest BCUT2D eigenvalue weighted by Crippen LogP contribution is -2.10. The van der Waals surface area contributed by atoms with Gasteiger partial charge in [-0.1, -0.05) is 0 Å². The normalized spacial score (nSPS) is 11.4. The summed E-state index contributed by atoms with van der Waals surface area (Å²) in [6.07, 6.45) is -0.293. The number of nitrogens with zero attached hydrogens (tertiary/aromatic N) is 2. The molecule has 0 aromatic heterocycles. The molecular weight excluding hydrogens is 255 g/mol. The maximum absolute atomic E-state index is 13.7. The van der Waals surface area contributed by atoms with E-state index in [1.54, 1.807) is 13.0 Å². The van der Waals surface area contributed by atoms with Gasteiger partial charge in [-0.05, 0) is 13.0 Å². The zero-order valence-electron chi connectivity index (χ0n) is 10.1. The number of benzene rings is 1. The molecule has 0 bridgehead atoms. The van der Waals surface area contributed by atoms with E-state index in [1.807, 2.05) is 0 Å². The smallest absolute Gasteiger partial charge is 0.307 e. The molecule has 1 aromatic carbocycles. The molecule has 7 heteroatoms. The molecule has 1 unspecified atom stereocenters. The van der Waals surface area contributed by atoms with Crippen LogP contribution in [-0.2, 0) is 9.53 Å². The Morgan fingerprint density at radius 1 is 1.63 bits per heavy atom. The molecule has 6 nitrogen and oxygen atoms in total. The predicted molar refractivity (Wildman–Crippen MR) is 62.7 cm³/mol. The van der Waals surface area contributed by atoms with Crippen molar-refractivity contribution in [3.8, 4) is 6.07 Å². The summed E-state index contributed by atoms with van der Waals surface area (Å²) in [6, 6.07) is 4.74. The van der Waals surface area contributed by atoms with Crippen molar-refractivity contribution in [1.82, 2.24) is 0 Å². The second kappa shape index (κ2) is 6.44. The summed E-state index contributed by atoms with van der Waals surface area (Å²) in [5.74, 6) is -2.53. The maximum atomic E-state index is 13.7. The molecule has 0 saturated heterocycles. The first-order valence-electron chi connectivity index (χ1n) is 5.48. The quantitative estimate of drug-likeness (QED) is 0.463. The summed E-state index contributed by atoms with van der Waals surface area (Å²) in [4.78, 5) is 21.0. The molecule has 0 heterocycles. The molecule has 1 rings (SSSR count). The number of esters is 1. The van der Waals surface area contributed by atoms with Crippen molar-refractivity contribution >= 4 is 11.7 Å². The minimum absolute atomic E-state index is 0.0545. The number of carbonyl (C=O) groups is 1. The molecule has 1 aromatic rings. The summed E-state index contributed by atoms with van der Waals surface area (Å²) in [5.41, 5.74) is -0.463. The Hall–Kier alpha value is -2.49. The van der Waals surface area contributed by atoms with Crippen LogP contribution in [0, 0.1) is 27.3 Å². The van der Waals surface area contributed by atoms with Crippen LogP contribution in [-0.4, -0.2) is 17.5 Å². The average molecular weight is 266 g/mol. The van der Waals surface area contributed by atoms with Crippen molar-refractivity contribution in [1.29, 1.82) is 5.26 Å². The SMILES string of the molecule is CCOC(=O)CC(C#N)c1ccc([N+](=O)[O-])cc1F. The zero-order chi connectivity index (χ0) is 14.4. The number of nitriles is 1. The van der Waals surface area contributed by atoms with Crippen molar-refractivity contribution in [2.45, 2.75) is 19.3 Å². The van der Waals surface area contributed by atoms with Crippen LogP contribution < -0.4 is 0 Å². The van der Waals surface area contributed by atoms with Crippen LogP contribution in [0.4, 0.5) is 10.1 Å². The minimum atomic E-state index is -1.03. The Morgan fingerprint density at radius 3 is 2.79 bits per heavy atom. The number of ether oxygens (including phenoxy) is 1. The van der Waals surface area contributed by atoms with E-state index in [4.69, 9.17) is 5.26 Å². The van der Waals surface area contributed by atoms with E-state index in [2.05, 4.69) is 4.74 Å². The Balaban J connectivity index is 2.97. The van der Waals surface area contributed by atoms with Gasteiger partial charge in [-0.15, -0.1) is 0 Å². The van der Waals surface area contributed by atoms with Crippen molar-refractivity contribution in [2.24, 2.45) is 0 Å². The Morgan fingerprint density at radius 2 is 2.32 bits per heavy atom. The maximum Gasteiger partial charge on any atom is 0.307 e. The van der Waals surface area contributed by atoms with Crippen LogP contribution in [0.5, 0.6) is 0 Å². The first-order chi connectivity index (χ1) is 8.99. The monoisotopic (exact) mass is 266 g/mol. The first-order valence-corrected chi connectivity index (χ1v) is 5.48. The zero-order valence-corrected chi connectivity index (χ0v) is 10.1. The number of halogens is 1. The van der Waals surface area contributed by atoms with E-state index in [-0.39, 0.29) is 18.6 Å². The summed E-state index contributed by atoms with van der Waals surface area (Å²) in [7, 11) is 0. The van der Waals surface area contributed by atoms with Gasteiger partial charge in [-0.2, -0.15) is 5.26 Å². The summed E-state index contributed by atoms with van der Waals surface area (Å²) in [6.45, 7) is 1.78. The van der Waals surface area contributed by atoms with E-state index < -0.39 is 28.3 Å². The van der Waals surface area contributed by atoms with Gasteiger partial charge in [0.25, 0.3) is 5.69 Å². The molecule has 1 atom stereocenters. The van der Waals surface area contributed by atoms with E-state index in [0.29, 0.717) is 0 Å². The number of carbonyl (C=O) groups excluding carboxylic acids is 1. The minimum Gasteiger partial charge on any atom is -0.466 e. The number of hydrogen-bond acceptors (Lipinski definition) is 5. The van der Waals surface area contributed by atoms with Gasteiger partial charge >= 0.3 is 5.97 Å². The highest BCUT2D eigenvalue weighted by atomic mass is 19.1. The fourth-order valence-corrected chi connectivity index (χ4v) is 1.52. The van der Waals surface area contributed by atoms with Crippen LogP contribution in [0.2, 0.25) is 0 Å². The van der Waals surface area contributed by atoms with Crippen LogP contribution in [0.3, 0.4) is 0 Å². The number of nitro groups is 1. The van der Waals surface area contributed by atoms with Crippen molar-refractivity contribution in [3.63, 3.8) is 0 Å². The highest BCUT2D eigenvalue weighted by Gasteiger charge is 2.21. The molecule has 0 spiro atoms. The lowest BCUT2D eigenvalue weighted by molar-refractivity contribution is -0.385. The van der Waals surface area contributed by atoms with E-state index in [0.717, 1.165) is 18.2 Å². The topological polar surface area (TPSA) is 93.2 Å². The third kappa shape index (κ3) is 3.74. The average Bonchev–Trinajstić information content (AvgIpc) is 2.36. The van der Waals surface area contributed by atoms with Crippen LogP contribution >= 0.6 is 0 Å². The second-order valence-electron chi connectivity index (χ2n) is 3.65. The summed E-state index contributed by atoms with van der Waals surface area (Å²) in [5, 5.41) is 19.4. The fourth-order valence-electron chi connectivity index (χ4n) is 1.52. The largest absolute Gasteiger partial charge is 0.466 e. The molecule has 0 aliphatic rings. The van der Waals surface area contributed by atoms with E-state index in [1.165, 1.54) is 0 Å². The Bertz CT molecular complexity index is 539. The summed E-state index contributed by atoms with van der Waals surface area (Å²) >= 11 is 0. The predicted octanol–water partition coefficient (Wildman–Crippen LogP) is 2.29. The molecule has 19 heavy (non-hydrogen) atoms. The lowest BCUT2D eigenvalue weighted by Gasteiger charge is -2.09. The third-order valence-corrected chi connectivity index (χ3v) is 2.40. The van der Waals surface area contributed by atoms with Gasteiger partial charge in [0, 0.05) is 11.6 Å². The number of nitro benzene ring substituents is 1. The highest BCUT2D eigenvalue weighted by molar-refractivity contribution is 5.71. The van der Waals surface area contributed by atoms with Crippen LogP contribution in [0.15, 0.2) is 18.2 Å². The number of hydrogen-bond donors (Lipinski definition) is 0. The van der Waals surface area contributed by atoms with Crippen molar-refractivity contribution < 1.29 is 18.8 Å². The highest BCUT2D eigenvalue weighted by Crippen LogP contribution is 2.25. The molecule has 0 aliphatic heterocycles. The van der Waals surface area contributed by atoms with Crippen molar-refractivity contribution in [2.75, 3.05) is 6.61 Å². The molecule has 0 N–H and O–H groups in total. The Kier molecular flexibility index (Phi) is 4.94. The third-order valence-electron chi connectivity index (χ3n) is 2.40. The van der Waals surface area contributed by atoms with Gasteiger partial charge in [0.1, 0.15) is 5.82 Å². The molecular formula is C12H11FN2O4. The second-order valence-corrected chi connectivity index (χ2v) is 3.65. The molecule has 100 valence electrons. The van der Waals surface area contributed by atoms with Gasteiger partial charge in [-0.25, -0.2) is 4.39 Å². The van der Waals surface area contributed by atoms with Gasteiger partial charge in [0.05, 0.1) is 36.0 Å². The van der Waals surface area contributed by atoms with Gasteiger partial charge < -0.3 is 4.74 Å². The molecule has 0 fully saturated rings. The number of rotatable bonds is 5. The molecule has 0 radical (unpaired) electrons. The van der Waals surface area contributed by atoms with Crippen LogP contribution in [0.1, 0.15) is 24.8 Å². The molecule has 0 aliphatic carbocycles. The lowest BCUT2D eigenvalue weighted by atomic mass is 9.96. The summed E-state index contributed by atoms with van der Waals surface area (Å²) < 4.78 is 18.4. The first kappa shape index (κ1) is 14.6. The Labute approximate surface area is 108 Å². The van der Waals surface area contributed by atoms with Gasteiger partial charge in [-0.3, -0.25) is 14.9 Å². The standard InChI is InChI=1S/C12H11FN2O4/c1-2-19-12(16)5-8(7-14)10-4-3-9(15(17)18)6-11(10)13/h3-4,6,8H,2,5H2,1H3. The van der Waals surface area contributed by atoms with E-state index >= 15 is 0 Å². The van der Waals surface area contributed by atoms with Crippen molar-refractivity contribution in [3.05, 3.63) is 39.7 Å². The van der Waals surface area contributed by atoms with E-state index in [9.17, 15) is 19.3 Å². The number of non-ortho nitro benzene ring substituents is 1. The fraction of sp³-hybridized carbons (Fsp3) is 0.333. The van der Waals surface area contributed by atoms with Gasteiger partial charge in [0.15, 0.2) is 0 Å². The molecule has 0 amide bonds. The van der Waals surface area contributed by atoms with Crippen LogP contribution in [0.25, 0.3) is 0 Å².